The second kappa shape index (κ2) is 7.36. The summed E-state index contributed by atoms with van der Waals surface area (Å²) < 4.78 is 5.48. The largest absolute Gasteiger partial charge is 0.468 e. The van der Waals surface area contributed by atoms with Crippen LogP contribution in [0.1, 0.15) is 113 Å². The Balaban J connectivity index is 1.58. The van der Waals surface area contributed by atoms with E-state index < -0.39 is 5.41 Å². The number of hydrogen-bond donors (Lipinski definition) is 1. The summed E-state index contributed by atoms with van der Waals surface area (Å²) in [6.07, 6.45) is 13.5. The second-order valence-electron chi connectivity index (χ2n) is 15.2. The summed E-state index contributed by atoms with van der Waals surface area (Å²) in [5.41, 5.74) is 1.96. The maximum absolute atomic E-state index is 13.3. The lowest BCUT2D eigenvalue weighted by molar-refractivity contribution is -0.230. The molecule has 0 radical (unpaired) electrons. The molecular formula is C31H50O3. The van der Waals surface area contributed by atoms with Crippen LogP contribution in [-0.2, 0) is 9.53 Å². The zero-order chi connectivity index (χ0) is 24.9. The van der Waals surface area contributed by atoms with Gasteiger partial charge in [-0.3, -0.25) is 4.79 Å². The molecule has 1 N–H and O–H groups in total. The van der Waals surface area contributed by atoms with Crippen molar-refractivity contribution < 1.29 is 14.6 Å². The summed E-state index contributed by atoms with van der Waals surface area (Å²) in [6.45, 7) is 17.2. The Kier molecular flexibility index (Phi) is 5.38. The van der Waals surface area contributed by atoms with Gasteiger partial charge in [0.2, 0.25) is 0 Å². The minimum absolute atomic E-state index is 0.00535. The van der Waals surface area contributed by atoms with Crippen molar-refractivity contribution in [2.24, 2.45) is 50.2 Å². The van der Waals surface area contributed by atoms with Crippen LogP contribution in [-0.4, -0.2) is 24.3 Å². The molecule has 0 aromatic carbocycles. The van der Waals surface area contributed by atoms with E-state index in [4.69, 9.17) is 4.74 Å². The van der Waals surface area contributed by atoms with Crippen LogP contribution >= 0.6 is 0 Å². The van der Waals surface area contributed by atoms with Crippen LogP contribution in [0, 0.1) is 50.2 Å². The van der Waals surface area contributed by atoms with Gasteiger partial charge in [-0.2, -0.15) is 0 Å². The van der Waals surface area contributed by atoms with E-state index in [9.17, 15) is 9.90 Å². The van der Waals surface area contributed by atoms with Gasteiger partial charge in [0, 0.05) is 0 Å². The fraction of sp³-hybridized carbons (Fsp3) is 0.903. The minimum Gasteiger partial charge on any atom is -0.468 e. The number of methoxy groups -OCH3 is 1. The van der Waals surface area contributed by atoms with E-state index >= 15 is 0 Å². The first-order valence-electron chi connectivity index (χ1n) is 14.2. The van der Waals surface area contributed by atoms with Gasteiger partial charge in [-0.05, 0) is 109 Å². The van der Waals surface area contributed by atoms with Crippen molar-refractivity contribution in [2.45, 2.75) is 119 Å². The number of esters is 1. The van der Waals surface area contributed by atoms with Gasteiger partial charge in [0.15, 0.2) is 0 Å². The number of hydrogen-bond acceptors (Lipinski definition) is 3. The Hall–Kier alpha value is -0.830. The summed E-state index contributed by atoms with van der Waals surface area (Å²) in [5.74, 6) is 1.77. The van der Waals surface area contributed by atoms with E-state index in [-0.39, 0.29) is 33.7 Å². The first kappa shape index (κ1) is 24.8. The van der Waals surface area contributed by atoms with Crippen molar-refractivity contribution >= 4 is 5.97 Å². The highest BCUT2D eigenvalue weighted by atomic mass is 16.5. The SMILES string of the molecule is COC(=O)C12CCC(C)(C)C=C1C1CCC3C4(C)CCC(O)C(C)(C)C4CCC3(C)C1(C)CC2. The molecule has 8 atom stereocenters. The van der Waals surface area contributed by atoms with Gasteiger partial charge in [-0.15, -0.1) is 0 Å². The molecule has 3 heteroatoms. The summed E-state index contributed by atoms with van der Waals surface area (Å²) in [6, 6.07) is 0. The predicted octanol–water partition coefficient (Wildman–Crippen LogP) is 7.32. The Morgan fingerprint density at radius 3 is 2.18 bits per heavy atom. The fourth-order valence-corrected chi connectivity index (χ4v) is 10.9. The number of carbonyl (C=O) groups is 1. The Morgan fingerprint density at radius 2 is 1.50 bits per heavy atom. The number of aliphatic hydroxyl groups is 1. The molecule has 0 spiro atoms. The van der Waals surface area contributed by atoms with Gasteiger partial charge in [0.05, 0.1) is 18.6 Å². The molecule has 0 aromatic heterocycles. The first-order valence-corrected chi connectivity index (χ1v) is 14.2. The predicted molar refractivity (Wildman–Crippen MR) is 137 cm³/mol. The van der Waals surface area contributed by atoms with Crippen LogP contribution in [0.3, 0.4) is 0 Å². The third-order valence-corrected chi connectivity index (χ3v) is 13.2. The molecule has 0 bridgehead atoms. The van der Waals surface area contributed by atoms with Gasteiger partial charge >= 0.3 is 5.97 Å². The number of rotatable bonds is 1. The molecule has 0 aromatic rings. The lowest BCUT2D eigenvalue weighted by Gasteiger charge is -2.72. The number of fused-ring (bicyclic) bond motifs is 7. The Morgan fingerprint density at radius 1 is 0.824 bits per heavy atom. The second-order valence-corrected chi connectivity index (χ2v) is 15.2. The lowest BCUT2D eigenvalue weighted by Crippen LogP contribution is -2.66. The fourth-order valence-electron chi connectivity index (χ4n) is 10.9. The maximum Gasteiger partial charge on any atom is 0.315 e. The normalized spacial score (nSPS) is 51.1. The molecule has 0 amide bonds. The standard InChI is InChI=1S/C31H50O3/c1-26(2)15-17-31(25(33)34-8)18-16-29(6)20(21(31)19-26)9-10-23-28(5)13-12-24(32)27(3,4)22(28)11-14-30(23,29)7/h19-20,22-24,32H,9-18H2,1-8H3. The van der Waals surface area contributed by atoms with E-state index in [0.29, 0.717) is 23.2 Å². The molecule has 5 aliphatic rings. The lowest BCUT2D eigenvalue weighted by atomic mass is 9.32. The molecule has 4 fully saturated rings. The van der Waals surface area contributed by atoms with Crippen molar-refractivity contribution in [1.29, 1.82) is 0 Å². The van der Waals surface area contributed by atoms with Crippen molar-refractivity contribution in [1.82, 2.24) is 0 Å². The first-order chi connectivity index (χ1) is 15.7. The molecule has 192 valence electrons. The monoisotopic (exact) mass is 470 g/mol. The van der Waals surface area contributed by atoms with E-state index in [0.717, 1.165) is 38.5 Å². The number of carbonyl (C=O) groups excluding carboxylic acids is 1. The van der Waals surface area contributed by atoms with Gasteiger partial charge < -0.3 is 9.84 Å². The number of aliphatic hydroxyl groups excluding tert-OH is 1. The van der Waals surface area contributed by atoms with Crippen molar-refractivity contribution in [3.8, 4) is 0 Å². The zero-order valence-corrected chi connectivity index (χ0v) is 23.2. The van der Waals surface area contributed by atoms with E-state index in [1.54, 1.807) is 7.11 Å². The van der Waals surface area contributed by atoms with Crippen LogP contribution in [0.2, 0.25) is 0 Å². The van der Waals surface area contributed by atoms with Crippen molar-refractivity contribution in [3.63, 3.8) is 0 Å². The molecule has 34 heavy (non-hydrogen) atoms. The van der Waals surface area contributed by atoms with Crippen LogP contribution in [0.25, 0.3) is 0 Å². The van der Waals surface area contributed by atoms with Crippen LogP contribution in [0.15, 0.2) is 11.6 Å². The van der Waals surface area contributed by atoms with Crippen LogP contribution < -0.4 is 0 Å². The highest BCUT2D eigenvalue weighted by Gasteiger charge is 2.69. The van der Waals surface area contributed by atoms with Gasteiger partial charge in [0.25, 0.3) is 0 Å². The van der Waals surface area contributed by atoms with E-state index in [1.165, 1.54) is 31.3 Å². The number of ether oxygens (including phenoxy) is 1. The summed E-state index contributed by atoms with van der Waals surface area (Å²) in [7, 11) is 1.59. The Bertz CT molecular complexity index is 900. The highest BCUT2D eigenvalue weighted by Crippen LogP contribution is 2.76. The summed E-state index contributed by atoms with van der Waals surface area (Å²) in [4.78, 5) is 13.3. The molecule has 0 aliphatic heterocycles. The molecule has 5 aliphatic carbocycles. The molecule has 0 heterocycles. The molecule has 0 saturated heterocycles. The third-order valence-electron chi connectivity index (χ3n) is 13.2. The topological polar surface area (TPSA) is 46.5 Å². The average Bonchev–Trinajstić information content (AvgIpc) is 2.76. The molecular weight excluding hydrogens is 420 g/mol. The smallest absolute Gasteiger partial charge is 0.315 e. The van der Waals surface area contributed by atoms with Crippen molar-refractivity contribution in [3.05, 3.63) is 11.6 Å². The summed E-state index contributed by atoms with van der Waals surface area (Å²) >= 11 is 0. The van der Waals surface area contributed by atoms with Crippen LogP contribution in [0.4, 0.5) is 0 Å². The van der Waals surface area contributed by atoms with Crippen molar-refractivity contribution in [2.75, 3.05) is 7.11 Å². The minimum atomic E-state index is -0.393. The zero-order valence-electron chi connectivity index (χ0n) is 23.2. The Labute approximate surface area is 208 Å². The van der Waals surface area contributed by atoms with Gasteiger partial charge in [0.1, 0.15) is 0 Å². The summed E-state index contributed by atoms with van der Waals surface area (Å²) in [5, 5.41) is 10.9. The third kappa shape index (κ3) is 2.94. The van der Waals surface area contributed by atoms with Gasteiger partial charge in [-0.1, -0.05) is 60.1 Å². The highest BCUT2D eigenvalue weighted by molar-refractivity contribution is 5.81. The molecule has 4 saturated carbocycles. The molecule has 3 nitrogen and oxygen atoms in total. The molecule has 5 rings (SSSR count). The van der Waals surface area contributed by atoms with E-state index in [2.05, 4.69) is 54.5 Å². The average molecular weight is 471 g/mol. The van der Waals surface area contributed by atoms with Gasteiger partial charge in [-0.25, -0.2) is 0 Å². The van der Waals surface area contributed by atoms with Crippen LogP contribution in [0.5, 0.6) is 0 Å². The maximum atomic E-state index is 13.3. The molecule has 8 unspecified atom stereocenters. The number of allylic oxidation sites excluding steroid dienone is 1. The quantitative estimate of drug-likeness (QED) is 0.322. The van der Waals surface area contributed by atoms with E-state index in [1.807, 2.05) is 0 Å².